The van der Waals surface area contributed by atoms with E-state index in [9.17, 15) is 0 Å². The standard InChI is InChI=1S/C16H14ClNS/c1-19-16-12(11-4-3-9-18-10-11)7-8-13-14(16)5-2-6-15(13)17/h2-8,10,18H,9H2,1H3. The summed E-state index contributed by atoms with van der Waals surface area (Å²) in [6, 6.07) is 10.4. The summed E-state index contributed by atoms with van der Waals surface area (Å²) in [7, 11) is 0. The lowest BCUT2D eigenvalue weighted by Gasteiger charge is -2.15. The highest BCUT2D eigenvalue weighted by atomic mass is 35.5. The van der Waals surface area contributed by atoms with Gasteiger partial charge in [-0.3, -0.25) is 0 Å². The maximum absolute atomic E-state index is 6.27. The van der Waals surface area contributed by atoms with Crippen LogP contribution in [0.15, 0.2) is 53.6 Å². The Kier molecular flexibility index (Phi) is 3.54. The van der Waals surface area contributed by atoms with E-state index in [1.165, 1.54) is 21.4 Å². The molecule has 0 aliphatic carbocycles. The van der Waals surface area contributed by atoms with Crippen molar-refractivity contribution in [2.75, 3.05) is 12.8 Å². The van der Waals surface area contributed by atoms with E-state index in [0.29, 0.717) is 0 Å². The number of fused-ring (bicyclic) bond motifs is 1. The van der Waals surface area contributed by atoms with Crippen LogP contribution in [0.5, 0.6) is 0 Å². The molecule has 0 atom stereocenters. The highest BCUT2D eigenvalue weighted by molar-refractivity contribution is 7.98. The number of hydrogen-bond donors (Lipinski definition) is 1. The van der Waals surface area contributed by atoms with Crippen molar-refractivity contribution in [2.24, 2.45) is 0 Å². The summed E-state index contributed by atoms with van der Waals surface area (Å²) in [4.78, 5) is 1.28. The van der Waals surface area contributed by atoms with Gasteiger partial charge in [0.2, 0.25) is 0 Å². The zero-order valence-electron chi connectivity index (χ0n) is 10.6. The first-order chi connectivity index (χ1) is 9.31. The van der Waals surface area contributed by atoms with E-state index in [4.69, 9.17) is 11.6 Å². The molecule has 19 heavy (non-hydrogen) atoms. The van der Waals surface area contributed by atoms with Crippen molar-refractivity contribution in [1.29, 1.82) is 0 Å². The van der Waals surface area contributed by atoms with Crippen LogP contribution in [-0.2, 0) is 0 Å². The van der Waals surface area contributed by atoms with Crippen LogP contribution in [0.2, 0.25) is 5.02 Å². The third-order valence-corrected chi connectivity index (χ3v) is 4.44. The van der Waals surface area contributed by atoms with Crippen LogP contribution in [0.25, 0.3) is 16.3 Å². The minimum absolute atomic E-state index is 0.811. The van der Waals surface area contributed by atoms with E-state index in [-0.39, 0.29) is 0 Å². The van der Waals surface area contributed by atoms with Gasteiger partial charge in [-0.2, -0.15) is 0 Å². The lowest BCUT2D eigenvalue weighted by molar-refractivity contribution is 0.976. The van der Waals surface area contributed by atoms with Crippen LogP contribution < -0.4 is 5.32 Å². The molecule has 1 aliphatic heterocycles. The molecule has 2 aromatic carbocycles. The van der Waals surface area contributed by atoms with E-state index in [1.54, 1.807) is 11.8 Å². The first kappa shape index (κ1) is 12.6. The number of hydrogen-bond acceptors (Lipinski definition) is 2. The van der Waals surface area contributed by atoms with Gasteiger partial charge in [0.15, 0.2) is 0 Å². The van der Waals surface area contributed by atoms with Crippen molar-refractivity contribution < 1.29 is 0 Å². The monoisotopic (exact) mass is 287 g/mol. The van der Waals surface area contributed by atoms with Crippen LogP contribution in [0, 0.1) is 0 Å². The Morgan fingerprint density at radius 1 is 1.16 bits per heavy atom. The molecule has 0 saturated carbocycles. The van der Waals surface area contributed by atoms with Crippen LogP contribution in [0.3, 0.4) is 0 Å². The SMILES string of the molecule is CSc1c(C2=CNCC=C2)ccc2c(Cl)cccc12. The maximum Gasteiger partial charge on any atom is 0.0484 e. The normalized spacial score (nSPS) is 14.3. The van der Waals surface area contributed by atoms with Crippen LogP contribution >= 0.6 is 23.4 Å². The number of allylic oxidation sites excluding steroid dienone is 2. The van der Waals surface area contributed by atoms with Crippen molar-refractivity contribution in [3.63, 3.8) is 0 Å². The van der Waals surface area contributed by atoms with E-state index in [2.05, 4.69) is 48.1 Å². The summed E-state index contributed by atoms with van der Waals surface area (Å²) < 4.78 is 0. The summed E-state index contributed by atoms with van der Waals surface area (Å²) in [5.41, 5.74) is 2.48. The van der Waals surface area contributed by atoms with Crippen molar-refractivity contribution >= 4 is 39.7 Å². The van der Waals surface area contributed by atoms with E-state index < -0.39 is 0 Å². The second-order valence-corrected chi connectivity index (χ2v) is 5.62. The number of nitrogens with one attached hydrogen (secondary N) is 1. The number of benzene rings is 2. The first-order valence-electron chi connectivity index (χ1n) is 6.17. The molecule has 0 fully saturated rings. The summed E-state index contributed by atoms with van der Waals surface area (Å²) in [6.45, 7) is 0.900. The molecule has 1 N–H and O–H groups in total. The molecular weight excluding hydrogens is 274 g/mol. The highest BCUT2D eigenvalue weighted by Crippen LogP contribution is 2.37. The molecule has 3 rings (SSSR count). The fourth-order valence-corrected chi connectivity index (χ4v) is 3.42. The molecule has 3 heteroatoms. The van der Waals surface area contributed by atoms with Gasteiger partial charge in [-0.25, -0.2) is 0 Å². The molecule has 0 amide bonds. The molecule has 1 nitrogen and oxygen atoms in total. The zero-order valence-corrected chi connectivity index (χ0v) is 12.2. The van der Waals surface area contributed by atoms with E-state index in [1.807, 2.05) is 12.1 Å². The zero-order chi connectivity index (χ0) is 13.2. The molecule has 1 heterocycles. The van der Waals surface area contributed by atoms with Gasteiger partial charge in [-0.1, -0.05) is 48.0 Å². The van der Waals surface area contributed by atoms with Crippen LogP contribution in [0.4, 0.5) is 0 Å². The van der Waals surface area contributed by atoms with Gasteiger partial charge in [-0.05, 0) is 28.8 Å². The molecule has 0 spiro atoms. The fourth-order valence-electron chi connectivity index (χ4n) is 2.38. The molecular formula is C16H14ClNS. The second-order valence-electron chi connectivity index (χ2n) is 4.39. The number of thioether (sulfide) groups is 1. The smallest absolute Gasteiger partial charge is 0.0484 e. The summed E-state index contributed by atoms with van der Waals surface area (Å²) >= 11 is 8.04. The Hall–Kier alpha value is -1.38. The van der Waals surface area contributed by atoms with Gasteiger partial charge in [0.25, 0.3) is 0 Å². The van der Waals surface area contributed by atoms with E-state index in [0.717, 1.165) is 17.0 Å². The molecule has 2 aromatic rings. The Morgan fingerprint density at radius 2 is 2.05 bits per heavy atom. The van der Waals surface area contributed by atoms with Gasteiger partial charge in [0.05, 0.1) is 0 Å². The summed E-state index contributed by atoms with van der Waals surface area (Å²) in [6.07, 6.45) is 8.49. The van der Waals surface area contributed by atoms with Crippen molar-refractivity contribution in [3.8, 4) is 0 Å². The molecule has 0 aromatic heterocycles. The molecule has 0 unspecified atom stereocenters. The van der Waals surface area contributed by atoms with E-state index >= 15 is 0 Å². The van der Waals surface area contributed by atoms with Crippen LogP contribution in [-0.4, -0.2) is 12.8 Å². The summed E-state index contributed by atoms with van der Waals surface area (Å²) in [5.74, 6) is 0. The predicted molar refractivity (Wildman–Crippen MR) is 85.9 cm³/mol. The lowest BCUT2D eigenvalue weighted by atomic mass is 10.0. The summed E-state index contributed by atoms with van der Waals surface area (Å²) in [5, 5.41) is 6.41. The maximum atomic E-state index is 6.27. The Morgan fingerprint density at radius 3 is 2.79 bits per heavy atom. The molecule has 96 valence electrons. The minimum atomic E-state index is 0.811. The average molecular weight is 288 g/mol. The number of dihydropyridines is 1. The van der Waals surface area contributed by atoms with Gasteiger partial charge < -0.3 is 5.32 Å². The number of halogens is 1. The van der Waals surface area contributed by atoms with Gasteiger partial charge >= 0.3 is 0 Å². The lowest BCUT2D eigenvalue weighted by Crippen LogP contribution is -2.09. The molecule has 0 radical (unpaired) electrons. The second kappa shape index (κ2) is 5.32. The average Bonchev–Trinajstić information content (AvgIpc) is 2.47. The number of rotatable bonds is 2. The fraction of sp³-hybridized carbons (Fsp3) is 0.125. The Balaban J connectivity index is 2.26. The Labute approximate surface area is 122 Å². The highest BCUT2D eigenvalue weighted by Gasteiger charge is 2.11. The van der Waals surface area contributed by atoms with Crippen molar-refractivity contribution in [1.82, 2.24) is 5.32 Å². The Bertz CT molecular complexity index is 688. The predicted octanol–water partition coefficient (Wildman–Crippen LogP) is 4.72. The van der Waals surface area contributed by atoms with Gasteiger partial charge in [-0.15, -0.1) is 11.8 Å². The van der Waals surface area contributed by atoms with Gasteiger partial charge in [0.1, 0.15) is 0 Å². The molecule has 0 saturated heterocycles. The first-order valence-corrected chi connectivity index (χ1v) is 7.77. The molecule has 0 bridgehead atoms. The third kappa shape index (κ3) is 2.26. The van der Waals surface area contributed by atoms with Crippen molar-refractivity contribution in [2.45, 2.75) is 4.90 Å². The van der Waals surface area contributed by atoms with Crippen molar-refractivity contribution in [3.05, 3.63) is 59.3 Å². The quantitative estimate of drug-likeness (QED) is 0.803. The third-order valence-electron chi connectivity index (χ3n) is 3.26. The van der Waals surface area contributed by atoms with Crippen LogP contribution in [0.1, 0.15) is 5.56 Å². The molecule has 1 aliphatic rings. The topological polar surface area (TPSA) is 12.0 Å². The van der Waals surface area contributed by atoms with Gasteiger partial charge in [0, 0.05) is 28.0 Å². The minimum Gasteiger partial charge on any atom is -0.387 e. The largest absolute Gasteiger partial charge is 0.387 e.